The molecule has 0 fully saturated rings. The highest BCUT2D eigenvalue weighted by Gasteiger charge is 2.12. The van der Waals surface area contributed by atoms with Crippen molar-refractivity contribution in [2.45, 2.75) is 32.7 Å². The highest BCUT2D eigenvalue weighted by molar-refractivity contribution is 6.33. The molecule has 0 saturated carbocycles. The molecule has 7 heteroatoms. The van der Waals surface area contributed by atoms with E-state index in [1.54, 1.807) is 0 Å². The third-order valence-electron chi connectivity index (χ3n) is 2.99. The van der Waals surface area contributed by atoms with Gasteiger partial charge in [-0.15, -0.1) is 0 Å². The number of halogens is 4. The van der Waals surface area contributed by atoms with Crippen LogP contribution in [0.4, 0.5) is 14.5 Å². The number of anilines is 1. The first-order chi connectivity index (χ1) is 10.0. The second kappa shape index (κ2) is 7.09. The number of aromatic amines is 1. The van der Waals surface area contributed by atoms with E-state index in [2.05, 4.69) is 22.2 Å². The zero-order valence-corrected chi connectivity index (χ0v) is 13.0. The Bertz CT molecular complexity index is 606. The molecule has 0 amide bonds. The fraction of sp³-hybridized carbons (Fsp3) is 0.357. The average molecular weight is 334 g/mol. The van der Waals surface area contributed by atoms with Crippen LogP contribution in [0.1, 0.15) is 31.3 Å². The first kappa shape index (κ1) is 16.0. The summed E-state index contributed by atoms with van der Waals surface area (Å²) in [5.74, 6) is -0.671. The number of aryl methyl sites for hydroxylation is 1. The van der Waals surface area contributed by atoms with Crippen LogP contribution in [0.15, 0.2) is 12.1 Å². The molecule has 0 spiro atoms. The van der Waals surface area contributed by atoms with Crippen LogP contribution in [0, 0.1) is 11.6 Å². The summed E-state index contributed by atoms with van der Waals surface area (Å²) in [6.45, 7) is 2.31. The number of hydrogen-bond acceptors (Lipinski definition) is 2. The molecule has 2 N–H and O–H groups in total. The minimum Gasteiger partial charge on any atom is -0.376 e. The van der Waals surface area contributed by atoms with Gasteiger partial charge in [-0.1, -0.05) is 36.5 Å². The standard InChI is InChI=1S/C14H15Cl2F2N3/c1-2-3-4-12-20-11(14(16)21-12)7-19-13-9(15)5-8(17)6-10(13)18/h5-6,19H,2-4,7H2,1H3,(H,20,21). The lowest BCUT2D eigenvalue weighted by Crippen LogP contribution is -2.04. The van der Waals surface area contributed by atoms with E-state index in [-0.39, 0.29) is 17.3 Å². The molecule has 3 nitrogen and oxygen atoms in total. The van der Waals surface area contributed by atoms with E-state index >= 15 is 0 Å². The van der Waals surface area contributed by atoms with Crippen LogP contribution in [-0.2, 0) is 13.0 Å². The smallest absolute Gasteiger partial charge is 0.152 e. The Morgan fingerprint density at radius 3 is 2.71 bits per heavy atom. The van der Waals surface area contributed by atoms with Gasteiger partial charge in [0.15, 0.2) is 11.0 Å². The Labute approximate surface area is 131 Å². The molecular formula is C14H15Cl2F2N3. The van der Waals surface area contributed by atoms with Crippen molar-refractivity contribution in [2.24, 2.45) is 0 Å². The highest BCUT2D eigenvalue weighted by Crippen LogP contribution is 2.27. The van der Waals surface area contributed by atoms with Gasteiger partial charge in [0.05, 0.1) is 22.9 Å². The number of rotatable bonds is 6. The van der Waals surface area contributed by atoms with Gasteiger partial charge in [-0.2, -0.15) is 0 Å². The minimum atomic E-state index is -0.748. The molecule has 0 saturated heterocycles. The molecule has 114 valence electrons. The van der Waals surface area contributed by atoms with Gasteiger partial charge in [-0.05, 0) is 12.5 Å². The maximum absolute atomic E-state index is 13.6. The Morgan fingerprint density at radius 2 is 2.05 bits per heavy atom. The number of H-pyrrole nitrogens is 1. The second-order valence-corrected chi connectivity index (χ2v) is 5.42. The summed E-state index contributed by atoms with van der Waals surface area (Å²) >= 11 is 11.8. The van der Waals surface area contributed by atoms with E-state index < -0.39 is 11.6 Å². The van der Waals surface area contributed by atoms with Gasteiger partial charge in [-0.3, -0.25) is 0 Å². The second-order valence-electron chi connectivity index (χ2n) is 4.65. The van der Waals surface area contributed by atoms with Crippen LogP contribution < -0.4 is 5.32 Å². The fourth-order valence-electron chi connectivity index (χ4n) is 1.91. The molecule has 0 unspecified atom stereocenters. The summed E-state index contributed by atoms with van der Waals surface area (Å²) in [7, 11) is 0. The fourth-order valence-corrected chi connectivity index (χ4v) is 2.38. The highest BCUT2D eigenvalue weighted by atomic mass is 35.5. The van der Waals surface area contributed by atoms with E-state index in [0.717, 1.165) is 37.2 Å². The molecule has 2 rings (SSSR count). The zero-order valence-electron chi connectivity index (χ0n) is 11.4. The SMILES string of the molecule is CCCCc1nc(Cl)c(CNc2c(F)cc(F)cc2Cl)[nH]1. The van der Waals surface area contributed by atoms with Crippen LogP contribution in [0.25, 0.3) is 0 Å². The summed E-state index contributed by atoms with van der Waals surface area (Å²) < 4.78 is 26.6. The zero-order chi connectivity index (χ0) is 15.4. The number of aromatic nitrogens is 2. The van der Waals surface area contributed by atoms with Crippen molar-refractivity contribution in [3.05, 3.63) is 45.5 Å². The van der Waals surface area contributed by atoms with Crippen LogP contribution in [-0.4, -0.2) is 9.97 Å². The van der Waals surface area contributed by atoms with E-state index in [1.807, 2.05) is 0 Å². The molecule has 0 aliphatic rings. The van der Waals surface area contributed by atoms with Crippen LogP contribution in [0.5, 0.6) is 0 Å². The Kier molecular flexibility index (Phi) is 5.42. The maximum atomic E-state index is 13.6. The summed E-state index contributed by atoms with van der Waals surface area (Å²) in [5.41, 5.74) is 0.682. The van der Waals surface area contributed by atoms with Gasteiger partial charge in [-0.25, -0.2) is 13.8 Å². The molecule has 1 aromatic carbocycles. The lowest BCUT2D eigenvalue weighted by molar-refractivity contribution is 0.585. The predicted molar refractivity (Wildman–Crippen MR) is 80.9 cm³/mol. The lowest BCUT2D eigenvalue weighted by Gasteiger charge is -2.09. The Hall–Kier alpha value is -1.33. The molecule has 0 aliphatic heterocycles. The average Bonchev–Trinajstić information content (AvgIpc) is 2.76. The summed E-state index contributed by atoms with van der Waals surface area (Å²) in [6.07, 6.45) is 2.87. The number of benzene rings is 1. The lowest BCUT2D eigenvalue weighted by atomic mass is 10.2. The van der Waals surface area contributed by atoms with Gasteiger partial charge < -0.3 is 10.3 Å². The maximum Gasteiger partial charge on any atom is 0.152 e. The monoisotopic (exact) mass is 333 g/mol. The summed E-state index contributed by atoms with van der Waals surface area (Å²) in [5, 5.41) is 3.13. The Balaban J connectivity index is 2.08. The van der Waals surface area contributed by atoms with E-state index in [1.165, 1.54) is 0 Å². The number of hydrogen-bond donors (Lipinski definition) is 2. The third kappa shape index (κ3) is 4.08. The molecule has 2 aromatic rings. The van der Waals surface area contributed by atoms with Crippen LogP contribution >= 0.6 is 23.2 Å². The van der Waals surface area contributed by atoms with Crippen molar-refractivity contribution in [2.75, 3.05) is 5.32 Å². The van der Waals surface area contributed by atoms with E-state index in [4.69, 9.17) is 23.2 Å². The van der Waals surface area contributed by atoms with E-state index in [0.29, 0.717) is 10.8 Å². The van der Waals surface area contributed by atoms with Gasteiger partial charge in [0, 0.05) is 12.5 Å². The quantitative estimate of drug-likeness (QED) is 0.785. The molecule has 0 radical (unpaired) electrons. The Morgan fingerprint density at radius 1 is 1.29 bits per heavy atom. The van der Waals surface area contributed by atoms with Crippen molar-refractivity contribution in [3.8, 4) is 0 Å². The van der Waals surface area contributed by atoms with Crippen molar-refractivity contribution in [1.29, 1.82) is 0 Å². The molecule has 0 aliphatic carbocycles. The first-order valence-corrected chi connectivity index (χ1v) is 7.38. The number of nitrogens with one attached hydrogen (secondary N) is 2. The van der Waals surface area contributed by atoms with Gasteiger partial charge >= 0.3 is 0 Å². The number of imidazole rings is 1. The predicted octanol–water partition coefficient (Wildman–Crippen LogP) is 4.95. The molecule has 0 bridgehead atoms. The van der Waals surface area contributed by atoms with Gasteiger partial charge in [0.2, 0.25) is 0 Å². The summed E-state index contributed by atoms with van der Waals surface area (Å²) in [6, 6.07) is 1.82. The molecule has 1 heterocycles. The molecular weight excluding hydrogens is 319 g/mol. The van der Waals surface area contributed by atoms with Crippen LogP contribution in [0.2, 0.25) is 10.2 Å². The molecule has 1 aromatic heterocycles. The largest absolute Gasteiger partial charge is 0.376 e. The topological polar surface area (TPSA) is 40.7 Å². The van der Waals surface area contributed by atoms with Crippen LogP contribution in [0.3, 0.4) is 0 Å². The number of unbranched alkanes of at least 4 members (excludes halogenated alkanes) is 1. The van der Waals surface area contributed by atoms with Crippen molar-refractivity contribution in [1.82, 2.24) is 9.97 Å². The van der Waals surface area contributed by atoms with Crippen molar-refractivity contribution >= 4 is 28.9 Å². The van der Waals surface area contributed by atoms with Crippen molar-refractivity contribution < 1.29 is 8.78 Å². The van der Waals surface area contributed by atoms with Gasteiger partial charge in [0.25, 0.3) is 0 Å². The summed E-state index contributed by atoms with van der Waals surface area (Å²) in [4.78, 5) is 7.29. The number of nitrogens with zero attached hydrogens (tertiary/aromatic N) is 1. The normalized spacial score (nSPS) is 10.9. The minimum absolute atomic E-state index is 0.0191. The third-order valence-corrected chi connectivity index (χ3v) is 3.60. The first-order valence-electron chi connectivity index (χ1n) is 6.63. The van der Waals surface area contributed by atoms with E-state index in [9.17, 15) is 8.78 Å². The molecule has 0 atom stereocenters. The van der Waals surface area contributed by atoms with Crippen molar-refractivity contribution in [3.63, 3.8) is 0 Å². The molecule has 21 heavy (non-hydrogen) atoms. The van der Waals surface area contributed by atoms with Gasteiger partial charge in [0.1, 0.15) is 11.6 Å².